The first kappa shape index (κ1) is 26.3. The Labute approximate surface area is 209 Å². The minimum atomic E-state index is -3.56. The minimum absolute atomic E-state index is 0.0590. The van der Waals surface area contributed by atoms with Crippen molar-refractivity contribution >= 4 is 44.8 Å². The second-order valence-electron chi connectivity index (χ2n) is 8.25. The van der Waals surface area contributed by atoms with Gasteiger partial charge in [-0.05, 0) is 60.9 Å². The number of benzene rings is 1. The number of thioether (sulfide) groups is 1. The van der Waals surface area contributed by atoms with E-state index < -0.39 is 9.84 Å². The topological polar surface area (TPSA) is 116 Å². The highest BCUT2D eigenvalue weighted by molar-refractivity contribution is 8.00. The van der Waals surface area contributed by atoms with Crippen molar-refractivity contribution in [3.63, 3.8) is 0 Å². The van der Waals surface area contributed by atoms with Crippen LogP contribution in [0.25, 0.3) is 0 Å². The highest BCUT2D eigenvalue weighted by Gasteiger charge is 2.34. The van der Waals surface area contributed by atoms with Crippen molar-refractivity contribution in [3.05, 3.63) is 46.7 Å². The average molecular weight is 520 g/mol. The first-order valence-corrected chi connectivity index (χ1v) is 14.8. The molecule has 2 atom stereocenters. The maximum Gasteiger partial charge on any atom is 0.230 e. The maximum atomic E-state index is 13.0. The molecule has 2 unspecified atom stereocenters. The van der Waals surface area contributed by atoms with Gasteiger partial charge >= 0.3 is 0 Å². The molecule has 1 aliphatic rings. The van der Waals surface area contributed by atoms with Crippen molar-refractivity contribution in [2.75, 3.05) is 24.6 Å². The summed E-state index contributed by atoms with van der Waals surface area (Å²) in [6.45, 7) is 0.522. The highest BCUT2D eigenvalue weighted by atomic mass is 32.2. The van der Waals surface area contributed by atoms with Crippen molar-refractivity contribution in [1.82, 2.24) is 10.6 Å². The molecule has 0 spiro atoms. The lowest BCUT2D eigenvalue weighted by atomic mass is 9.80. The standard InChI is InChI=1S/C24H29N3O4S3/c25-12-14-27-24(29)22-6-2-1-4-18(22)17-34(30,31)21-9-7-20(8-10-21)33-16-23(28)26-13-11-19-5-3-15-32-19/h3,5,7-10,15,18,22H,1-2,4,6,11,13-14,16-17H2,(H,26,28)(H,27,29). The second-order valence-corrected chi connectivity index (χ2v) is 12.4. The van der Waals surface area contributed by atoms with Gasteiger partial charge in [0.2, 0.25) is 11.8 Å². The molecule has 1 aromatic heterocycles. The van der Waals surface area contributed by atoms with Gasteiger partial charge in [-0.3, -0.25) is 9.59 Å². The van der Waals surface area contributed by atoms with Crippen LogP contribution in [0.15, 0.2) is 51.6 Å². The van der Waals surface area contributed by atoms with Crippen LogP contribution in [0.2, 0.25) is 0 Å². The van der Waals surface area contributed by atoms with Crippen LogP contribution in [0.5, 0.6) is 0 Å². The van der Waals surface area contributed by atoms with Gasteiger partial charge in [0.25, 0.3) is 0 Å². The lowest BCUT2D eigenvalue weighted by Crippen LogP contribution is -2.39. The van der Waals surface area contributed by atoms with Crippen LogP contribution in [-0.2, 0) is 25.8 Å². The fourth-order valence-corrected chi connectivity index (χ4v) is 7.25. The third-order valence-electron chi connectivity index (χ3n) is 5.85. The Bertz CT molecular complexity index is 1090. The fraction of sp³-hybridized carbons (Fsp3) is 0.458. The van der Waals surface area contributed by atoms with E-state index in [1.807, 2.05) is 23.6 Å². The smallest absolute Gasteiger partial charge is 0.230 e. The van der Waals surface area contributed by atoms with E-state index in [-0.39, 0.29) is 46.6 Å². The second kappa shape index (κ2) is 12.9. The molecule has 1 saturated carbocycles. The molecule has 34 heavy (non-hydrogen) atoms. The van der Waals surface area contributed by atoms with E-state index in [0.29, 0.717) is 19.4 Å². The molecule has 0 aliphatic heterocycles. The molecule has 1 aliphatic carbocycles. The number of amides is 2. The zero-order valence-corrected chi connectivity index (χ0v) is 21.3. The van der Waals surface area contributed by atoms with Crippen LogP contribution in [0, 0.1) is 23.2 Å². The van der Waals surface area contributed by atoms with Gasteiger partial charge in [-0.15, -0.1) is 23.1 Å². The summed E-state index contributed by atoms with van der Waals surface area (Å²) < 4.78 is 26.0. The van der Waals surface area contributed by atoms with E-state index in [1.165, 1.54) is 16.6 Å². The summed E-state index contributed by atoms with van der Waals surface area (Å²) in [6, 6.07) is 12.5. The van der Waals surface area contributed by atoms with Crippen LogP contribution in [0.4, 0.5) is 0 Å². The monoisotopic (exact) mass is 519 g/mol. The van der Waals surface area contributed by atoms with Gasteiger partial charge in [0.05, 0.1) is 22.5 Å². The molecule has 10 heteroatoms. The number of carbonyl (C=O) groups excluding carboxylic acids is 2. The molecule has 0 radical (unpaired) electrons. The number of thiophene rings is 1. The van der Waals surface area contributed by atoms with Crippen LogP contribution in [-0.4, -0.2) is 44.8 Å². The number of nitrogens with one attached hydrogen (secondary N) is 2. The molecule has 0 saturated heterocycles. The van der Waals surface area contributed by atoms with Crippen LogP contribution >= 0.6 is 23.1 Å². The molecule has 182 valence electrons. The van der Waals surface area contributed by atoms with Crippen molar-refractivity contribution < 1.29 is 18.0 Å². The van der Waals surface area contributed by atoms with E-state index in [9.17, 15) is 18.0 Å². The summed E-state index contributed by atoms with van der Waals surface area (Å²) in [6.07, 6.45) is 3.91. The summed E-state index contributed by atoms with van der Waals surface area (Å²) in [4.78, 5) is 26.7. The summed E-state index contributed by atoms with van der Waals surface area (Å²) >= 11 is 3.03. The van der Waals surface area contributed by atoms with Gasteiger partial charge in [-0.2, -0.15) is 5.26 Å². The summed E-state index contributed by atoms with van der Waals surface area (Å²) in [5.74, 6) is -0.762. The number of hydrogen-bond donors (Lipinski definition) is 2. The number of nitriles is 1. The van der Waals surface area contributed by atoms with Gasteiger partial charge in [0, 0.05) is 22.2 Å². The van der Waals surface area contributed by atoms with E-state index in [2.05, 4.69) is 10.6 Å². The van der Waals surface area contributed by atoms with Crippen molar-refractivity contribution in [2.45, 2.75) is 41.9 Å². The lowest BCUT2D eigenvalue weighted by Gasteiger charge is -2.30. The molecule has 0 bridgehead atoms. The number of hydrogen-bond acceptors (Lipinski definition) is 7. The van der Waals surface area contributed by atoms with Gasteiger partial charge in [-0.25, -0.2) is 8.42 Å². The Morgan fingerprint density at radius 2 is 1.88 bits per heavy atom. The van der Waals surface area contributed by atoms with Gasteiger partial charge in [-0.1, -0.05) is 18.9 Å². The van der Waals surface area contributed by atoms with Crippen molar-refractivity contribution in [1.29, 1.82) is 5.26 Å². The predicted octanol–water partition coefficient (Wildman–Crippen LogP) is 3.42. The Morgan fingerprint density at radius 3 is 2.59 bits per heavy atom. The predicted molar refractivity (Wildman–Crippen MR) is 134 cm³/mol. The summed E-state index contributed by atoms with van der Waals surface area (Å²) in [5, 5.41) is 16.2. The maximum absolute atomic E-state index is 13.0. The lowest BCUT2D eigenvalue weighted by molar-refractivity contribution is -0.127. The molecule has 2 aromatic rings. The Kier molecular flexibility index (Phi) is 9.99. The van der Waals surface area contributed by atoms with E-state index in [1.54, 1.807) is 35.6 Å². The first-order chi connectivity index (χ1) is 16.4. The normalized spacial score (nSPS) is 18.1. The minimum Gasteiger partial charge on any atom is -0.355 e. The van der Waals surface area contributed by atoms with Gasteiger partial charge in [0.15, 0.2) is 9.84 Å². The Morgan fingerprint density at radius 1 is 1.12 bits per heavy atom. The van der Waals surface area contributed by atoms with Gasteiger partial charge < -0.3 is 10.6 Å². The molecule has 3 rings (SSSR count). The van der Waals surface area contributed by atoms with E-state index >= 15 is 0 Å². The van der Waals surface area contributed by atoms with Crippen LogP contribution < -0.4 is 10.6 Å². The third kappa shape index (κ3) is 7.86. The Balaban J connectivity index is 1.50. The highest BCUT2D eigenvalue weighted by Crippen LogP contribution is 2.33. The fourth-order valence-electron chi connectivity index (χ4n) is 4.11. The van der Waals surface area contributed by atoms with Crippen molar-refractivity contribution in [3.8, 4) is 6.07 Å². The SMILES string of the molecule is N#CCNC(=O)C1CCCCC1CS(=O)(=O)c1ccc(SCC(=O)NCCc2cccs2)cc1. The summed E-state index contributed by atoms with van der Waals surface area (Å²) in [5.41, 5.74) is 0. The zero-order valence-electron chi connectivity index (χ0n) is 18.9. The molecule has 1 heterocycles. The molecule has 1 fully saturated rings. The molecule has 2 N–H and O–H groups in total. The molecular weight excluding hydrogens is 490 g/mol. The first-order valence-electron chi connectivity index (χ1n) is 11.3. The average Bonchev–Trinajstić information content (AvgIpc) is 3.35. The number of carbonyl (C=O) groups is 2. The number of nitrogens with zero attached hydrogens (tertiary/aromatic N) is 1. The van der Waals surface area contributed by atoms with E-state index in [0.717, 1.165) is 24.2 Å². The summed E-state index contributed by atoms with van der Waals surface area (Å²) in [7, 11) is -3.56. The van der Waals surface area contributed by atoms with Crippen LogP contribution in [0.3, 0.4) is 0 Å². The molecule has 7 nitrogen and oxygen atoms in total. The number of sulfone groups is 1. The molecular formula is C24H29N3O4S3. The third-order valence-corrected chi connectivity index (χ3v) is 9.65. The van der Waals surface area contributed by atoms with Gasteiger partial charge in [0.1, 0.15) is 6.54 Å². The zero-order chi connectivity index (χ0) is 24.4. The number of rotatable bonds is 11. The van der Waals surface area contributed by atoms with E-state index in [4.69, 9.17) is 5.26 Å². The largest absolute Gasteiger partial charge is 0.355 e. The van der Waals surface area contributed by atoms with Crippen molar-refractivity contribution in [2.24, 2.45) is 11.8 Å². The molecule has 2 amide bonds. The Hall–Kier alpha value is -2.35. The van der Waals surface area contributed by atoms with Crippen LogP contribution in [0.1, 0.15) is 30.6 Å². The molecule has 1 aromatic carbocycles. The quantitative estimate of drug-likeness (QED) is 0.347.